The summed E-state index contributed by atoms with van der Waals surface area (Å²) in [4.78, 5) is 13.9. The molecule has 0 saturated heterocycles. The second kappa shape index (κ2) is 5.49. The molecule has 0 fully saturated rings. The summed E-state index contributed by atoms with van der Waals surface area (Å²) >= 11 is 0. The molecule has 2 heterocycles. The normalized spacial score (nSPS) is 14.2. The van der Waals surface area contributed by atoms with Crippen molar-refractivity contribution in [3.8, 4) is 0 Å². The minimum Gasteiger partial charge on any atom is -0.369 e. The molecule has 0 saturated carbocycles. The van der Waals surface area contributed by atoms with Gasteiger partial charge in [-0.2, -0.15) is 5.10 Å². The van der Waals surface area contributed by atoms with Gasteiger partial charge in [0.05, 0.1) is 6.54 Å². The fourth-order valence-corrected chi connectivity index (χ4v) is 2.78. The fraction of sp³-hybridized carbons (Fsp3) is 0.375. The van der Waals surface area contributed by atoms with Gasteiger partial charge in [0.25, 0.3) is 0 Å². The van der Waals surface area contributed by atoms with Crippen molar-refractivity contribution in [1.29, 1.82) is 0 Å². The maximum Gasteiger partial charge on any atom is 0.159 e. The number of ketones is 1. The van der Waals surface area contributed by atoms with E-state index in [1.807, 2.05) is 29.2 Å². The molecule has 104 valence electrons. The highest BCUT2D eigenvalue weighted by atomic mass is 16.1. The van der Waals surface area contributed by atoms with Crippen molar-refractivity contribution < 1.29 is 4.79 Å². The molecular weight excluding hydrogens is 250 g/mol. The molecule has 1 aromatic heterocycles. The predicted molar refractivity (Wildman–Crippen MR) is 79.2 cm³/mol. The first kappa shape index (κ1) is 12.9. The van der Waals surface area contributed by atoms with E-state index in [-0.39, 0.29) is 5.78 Å². The van der Waals surface area contributed by atoms with Crippen LogP contribution in [0, 0.1) is 0 Å². The van der Waals surface area contributed by atoms with Gasteiger partial charge < -0.3 is 4.90 Å². The number of hydrogen-bond acceptors (Lipinski definition) is 3. The zero-order chi connectivity index (χ0) is 13.9. The Bertz CT molecular complexity index is 604. The lowest BCUT2D eigenvalue weighted by Gasteiger charge is -2.31. The van der Waals surface area contributed by atoms with Crippen LogP contribution in [-0.4, -0.2) is 28.7 Å². The Morgan fingerprint density at radius 3 is 3.00 bits per heavy atom. The minimum atomic E-state index is 0.140. The van der Waals surface area contributed by atoms with Crippen molar-refractivity contribution >= 4 is 11.5 Å². The molecule has 1 aromatic carbocycles. The van der Waals surface area contributed by atoms with E-state index in [2.05, 4.69) is 22.1 Å². The molecule has 4 heteroatoms. The quantitative estimate of drug-likeness (QED) is 0.801. The van der Waals surface area contributed by atoms with Crippen LogP contribution in [0.15, 0.2) is 36.7 Å². The van der Waals surface area contributed by atoms with Crippen LogP contribution in [0.4, 0.5) is 5.69 Å². The number of carbonyl (C=O) groups is 1. The third-order valence-electron chi connectivity index (χ3n) is 3.86. The molecule has 0 spiro atoms. The van der Waals surface area contributed by atoms with E-state index in [0.717, 1.165) is 38.0 Å². The highest BCUT2D eigenvalue weighted by molar-refractivity contribution is 5.94. The molecule has 0 bridgehead atoms. The molecular formula is C16H19N3O. The third-order valence-corrected chi connectivity index (χ3v) is 3.86. The molecule has 1 aliphatic rings. The third kappa shape index (κ3) is 2.59. The maximum absolute atomic E-state index is 11.5. The van der Waals surface area contributed by atoms with Crippen molar-refractivity contribution in [2.45, 2.75) is 26.3 Å². The maximum atomic E-state index is 11.5. The number of anilines is 1. The topological polar surface area (TPSA) is 38.1 Å². The van der Waals surface area contributed by atoms with Crippen molar-refractivity contribution in [2.75, 3.05) is 18.0 Å². The lowest BCUT2D eigenvalue weighted by Crippen LogP contribution is -2.32. The smallest absolute Gasteiger partial charge is 0.159 e. The molecule has 1 aliphatic heterocycles. The van der Waals surface area contributed by atoms with Crippen LogP contribution in [0.1, 0.15) is 29.3 Å². The monoisotopic (exact) mass is 269 g/mol. The van der Waals surface area contributed by atoms with Gasteiger partial charge in [0.1, 0.15) is 0 Å². The average molecular weight is 269 g/mol. The summed E-state index contributed by atoms with van der Waals surface area (Å²) in [7, 11) is 0. The molecule has 4 nitrogen and oxygen atoms in total. The SMILES string of the molecule is CC(=O)c1ccc2c(c1)CCCN2CCn1cccn1. The number of benzene rings is 1. The van der Waals surface area contributed by atoms with E-state index in [1.54, 1.807) is 6.92 Å². The molecule has 2 aromatic rings. The number of carbonyl (C=O) groups excluding carboxylic acids is 1. The van der Waals surface area contributed by atoms with Crippen LogP contribution in [0.25, 0.3) is 0 Å². The van der Waals surface area contributed by atoms with Crippen molar-refractivity contribution in [3.05, 3.63) is 47.8 Å². The average Bonchev–Trinajstić information content (AvgIpc) is 2.97. The van der Waals surface area contributed by atoms with Gasteiger partial charge >= 0.3 is 0 Å². The zero-order valence-electron chi connectivity index (χ0n) is 11.7. The molecule has 3 rings (SSSR count). The first-order chi connectivity index (χ1) is 9.74. The van der Waals surface area contributed by atoms with E-state index >= 15 is 0 Å². The van der Waals surface area contributed by atoms with Gasteiger partial charge in [0.2, 0.25) is 0 Å². The Morgan fingerprint density at radius 1 is 1.35 bits per heavy atom. The van der Waals surface area contributed by atoms with Gasteiger partial charge in [-0.15, -0.1) is 0 Å². The van der Waals surface area contributed by atoms with Crippen LogP contribution < -0.4 is 4.90 Å². The Hall–Kier alpha value is -2.10. The minimum absolute atomic E-state index is 0.140. The first-order valence-corrected chi connectivity index (χ1v) is 7.10. The fourth-order valence-electron chi connectivity index (χ4n) is 2.78. The summed E-state index contributed by atoms with van der Waals surface area (Å²) in [5, 5.41) is 4.24. The molecule has 20 heavy (non-hydrogen) atoms. The molecule has 0 radical (unpaired) electrons. The van der Waals surface area contributed by atoms with Gasteiger partial charge in [0.15, 0.2) is 5.78 Å². The Balaban J connectivity index is 1.77. The summed E-state index contributed by atoms with van der Waals surface area (Å²) in [5.74, 6) is 0.140. The van der Waals surface area contributed by atoms with E-state index in [4.69, 9.17) is 0 Å². The standard InChI is InChI=1S/C16H19N3O/c1-13(20)14-5-6-16-15(12-14)4-2-8-18(16)10-11-19-9-3-7-17-19/h3,5-7,9,12H,2,4,8,10-11H2,1H3. The Kier molecular flexibility index (Phi) is 3.54. The number of fused-ring (bicyclic) bond motifs is 1. The molecule has 0 aliphatic carbocycles. The molecule has 0 amide bonds. The number of rotatable bonds is 4. The van der Waals surface area contributed by atoms with Crippen LogP contribution in [0.3, 0.4) is 0 Å². The molecule has 0 N–H and O–H groups in total. The first-order valence-electron chi connectivity index (χ1n) is 7.10. The summed E-state index contributed by atoms with van der Waals surface area (Å²) in [6.45, 7) is 4.54. The van der Waals surface area contributed by atoms with Crippen LogP contribution >= 0.6 is 0 Å². The number of Topliss-reactive ketones (excluding diaryl/α,β-unsaturated/α-hetero) is 1. The largest absolute Gasteiger partial charge is 0.369 e. The van der Waals surface area contributed by atoms with Crippen molar-refractivity contribution in [3.63, 3.8) is 0 Å². The lowest BCUT2D eigenvalue weighted by molar-refractivity contribution is 0.101. The molecule has 0 unspecified atom stereocenters. The Labute approximate surface area is 119 Å². The summed E-state index contributed by atoms with van der Waals surface area (Å²) in [5.41, 5.74) is 3.38. The van der Waals surface area contributed by atoms with Crippen LogP contribution in [-0.2, 0) is 13.0 Å². The number of hydrogen-bond donors (Lipinski definition) is 0. The zero-order valence-corrected chi connectivity index (χ0v) is 11.7. The number of nitrogens with zero attached hydrogens (tertiary/aromatic N) is 3. The number of aromatic nitrogens is 2. The Morgan fingerprint density at radius 2 is 2.25 bits per heavy atom. The van der Waals surface area contributed by atoms with E-state index < -0.39 is 0 Å². The summed E-state index contributed by atoms with van der Waals surface area (Å²) < 4.78 is 1.96. The highest BCUT2D eigenvalue weighted by Gasteiger charge is 2.17. The van der Waals surface area contributed by atoms with Crippen LogP contribution in [0.2, 0.25) is 0 Å². The molecule has 0 atom stereocenters. The van der Waals surface area contributed by atoms with Crippen LogP contribution in [0.5, 0.6) is 0 Å². The predicted octanol–water partition coefficient (Wildman–Crippen LogP) is 2.54. The second-order valence-corrected chi connectivity index (χ2v) is 5.26. The van der Waals surface area contributed by atoms with Crippen molar-refractivity contribution in [1.82, 2.24) is 9.78 Å². The van der Waals surface area contributed by atoms with E-state index in [9.17, 15) is 4.79 Å². The number of aryl methyl sites for hydroxylation is 1. The second-order valence-electron chi connectivity index (χ2n) is 5.26. The van der Waals surface area contributed by atoms with Gasteiger partial charge in [-0.05, 0) is 49.6 Å². The van der Waals surface area contributed by atoms with Gasteiger partial charge in [-0.25, -0.2) is 0 Å². The van der Waals surface area contributed by atoms with E-state index in [0.29, 0.717) is 0 Å². The van der Waals surface area contributed by atoms with Gasteiger partial charge in [0, 0.05) is 36.7 Å². The van der Waals surface area contributed by atoms with Gasteiger partial charge in [-0.3, -0.25) is 9.48 Å². The summed E-state index contributed by atoms with van der Waals surface area (Å²) in [6.07, 6.45) is 6.01. The highest BCUT2D eigenvalue weighted by Crippen LogP contribution is 2.28. The summed E-state index contributed by atoms with van der Waals surface area (Å²) in [6, 6.07) is 8.03. The van der Waals surface area contributed by atoms with E-state index in [1.165, 1.54) is 11.3 Å². The van der Waals surface area contributed by atoms with Gasteiger partial charge in [-0.1, -0.05) is 0 Å². The van der Waals surface area contributed by atoms with Crippen molar-refractivity contribution in [2.24, 2.45) is 0 Å². The lowest BCUT2D eigenvalue weighted by atomic mass is 9.98.